The highest BCUT2D eigenvalue weighted by molar-refractivity contribution is 5.03. The topological polar surface area (TPSA) is 44.9 Å². The molecule has 0 aliphatic rings. The third-order valence-electron chi connectivity index (χ3n) is 2.00. The van der Waals surface area contributed by atoms with Crippen molar-refractivity contribution in [1.29, 1.82) is 5.26 Å². The highest BCUT2D eigenvalue weighted by Crippen LogP contribution is 2.03. The summed E-state index contributed by atoms with van der Waals surface area (Å²) in [5, 5.41) is 12.7. The van der Waals surface area contributed by atoms with Gasteiger partial charge in [0.25, 0.3) is 0 Å². The second kappa shape index (κ2) is 5.40. The molecular weight excluding hydrogens is 176 g/mol. The first kappa shape index (κ1) is 10.7. The molecule has 76 valence electrons. The van der Waals surface area contributed by atoms with E-state index in [0.29, 0.717) is 6.54 Å². The van der Waals surface area contributed by atoms with E-state index in [1.807, 2.05) is 19.4 Å². The van der Waals surface area contributed by atoms with Crippen LogP contribution in [0.2, 0.25) is 0 Å². The summed E-state index contributed by atoms with van der Waals surface area (Å²) >= 11 is 0. The molecule has 0 atom stereocenters. The fraction of sp³-hybridized carbons (Fsp3) is 0.600. The Morgan fingerprint density at radius 2 is 2.43 bits per heavy atom. The van der Waals surface area contributed by atoms with E-state index >= 15 is 0 Å². The molecule has 0 spiro atoms. The second-order valence-corrected chi connectivity index (χ2v) is 3.39. The minimum Gasteiger partial charge on any atom is -0.286 e. The lowest BCUT2D eigenvalue weighted by atomic mass is 10.3. The van der Waals surface area contributed by atoms with Gasteiger partial charge in [0.15, 0.2) is 0 Å². The summed E-state index contributed by atoms with van der Waals surface area (Å²) in [7, 11) is 1.90. The molecule has 0 N–H and O–H groups in total. The zero-order chi connectivity index (χ0) is 10.4. The quantitative estimate of drug-likeness (QED) is 0.657. The molecule has 4 heteroatoms. The molecule has 1 aromatic heterocycles. The summed E-state index contributed by atoms with van der Waals surface area (Å²) < 4.78 is 1.78. The van der Waals surface area contributed by atoms with Crippen molar-refractivity contribution in [3.05, 3.63) is 18.0 Å². The number of hydrogen-bond acceptors (Lipinski definition) is 3. The minimum atomic E-state index is 0.489. The van der Waals surface area contributed by atoms with Crippen molar-refractivity contribution in [3.8, 4) is 6.07 Å². The van der Waals surface area contributed by atoms with Crippen LogP contribution in [0.25, 0.3) is 0 Å². The van der Waals surface area contributed by atoms with Crippen LogP contribution in [0.15, 0.2) is 12.4 Å². The molecule has 0 radical (unpaired) electrons. The van der Waals surface area contributed by atoms with Crippen molar-refractivity contribution in [2.45, 2.75) is 19.9 Å². The molecule has 1 aromatic rings. The van der Waals surface area contributed by atoms with Crippen LogP contribution in [0.4, 0.5) is 0 Å². The highest BCUT2D eigenvalue weighted by Gasteiger charge is 2.05. The van der Waals surface area contributed by atoms with Crippen LogP contribution < -0.4 is 0 Å². The first-order valence-corrected chi connectivity index (χ1v) is 4.83. The van der Waals surface area contributed by atoms with Crippen LogP contribution in [0.1, 0.15) is 18.9 Å². The number of hydrogen-bond donors (Lipinski definition) is 0. The molecule has 4 nitrogen and oxygen atoms in total. The third-order valence-corrected chi connectivity index (χ3v) is 2.00. The SMILES string of the molecule is CCCN(CC#N)Cc1cnn(C)c1. The maximum Gasteiger partial charge on any atom is 0.0868 e. The Morgan fingerprint density at radius 3 is 2.93 bits per heavy atom. The van der Waals surface area contributed by atoms with Gasteiger partial charge in [0.05, 0.1) is 18.8 Å². The number of aromatic nitrogens is 2. The van der Waals surface area contributed by atoms with Gasteiger partial charge in [-0.05, 0) is 13.0 Å². The number of nitrogens with zero attached hydrogens (tertiary/aromatic N) is 4. The molecule has 0 bridgehead atoms. The maximum atomic E-state index is 8.63. The first-order chi connectivity index (χ1) is 6.76. The predicted molar refractivity (Wildman–Crippen MR) is 54.4 cm³/mol. The van der Waals surface area contributed by atoms with Crippen molar-refractivity contribution in [2.24, 2.45) is 7.05 Å². The van der Waals surface area contributed by atoms with Crippen molar-refractivity contribution < 1.29 is 0 Å². The van der Waals surface area contributed by atoms with Crippen LogP contribution in [0.3, 0.4) is 0 Å². The molecule has 0 amide bonds. The molecule has 1 heterocycles. The third kappa shape index (κ3) is 3.19. The Balaban J connectivity index is 2.51. The highest BCUT2D eigenvalue weighted by atomic mass is 15.2. The number of aryl methyl sites for hydroxylation is 1. The summed E-state index contributed by atoms with van der Waals surface area (Å²) in [5.41, 5.74) is 1.16. The van der Waals surface area contributed by atoms with Gasteiger partial charge in [-0.1, -0.05) is 6.92 Å². The molecule has 0 unspecified atom stereocenters. The predicted octanol–water partition coefficient (Wildman–Crippen LogP) is 1.16. The minimum absolute atomic E-state index is 0.489. The lowest BCUT2D eigenvalue weighted by Crippen LogP contribution is -2.24. The molecular formula is C10H16N4. The molecule has 0 aromatic carbocycles. The number of nitriles is 1. The van der Waals surface area contributed by atoms with Gasteiger partial charge in [0, 0.05) is 25.4 Å². The lowest BCUT2D eigenvalue weighted by molar-refractivity contribution is 0.298. The van der Waals surface area contributed by atoms with E-state index in [4.69, 9.17) is 5.26 Å². The summed E-state index contributed by atoms with van der Waals surface area (Å²) in [4.78, 5) is 2.12. The van der Waals surface area contributed by atoms with Gasteiger partial charge in [-0.3, -0.25) is 9.58 Å². The Hall–Kier alpha value is -1.34. The molecule has 14 heavy (non-hydrogen) atoms. The molecule has 0 aliphatic carbocycles. The van der Waals surface area contributed by atoms with Crippen molar-refractivity contribution >= 4 is 0 Å². The van der Waals surface area contributed by atoms with Crippen LogP contribution >= 0.6 is 0 Å². The second-order valence-electron chi connectivity index (χ2n) is 3.39. The van der Waals surface area contributed by atoms with Gasteiger partial charge in [-0.15, -0.1) is 0 Å². The largest absolute Gasteiger partial charge is 0.286 e. The summed E-state index contributed by atoms with van der Waals surface area (Å²) in [5.74, 6) is 0. The fourth-order valence-electron chi connectivity index (χ4n) is 1.44. The van der Waals surface area contributed by atoms with E-state index < -0.39 is 0 Å². The summed E-state index contributed by atoms with van der Waals surface area (Å²) in [6.07, 6.45) is 4.90. The monoisotopic (exact) mass is 192 g/mol. The van der Waals surface area contributed by atoms with Gasteiger partial charge in [0.2, 0.25) is 0 Å². The van der Waals surface area contributed by atoms with E-state index in [2.05, 4.69) is 23.0 Å². The molecule has 0 fully saturated rings. The van der Waals surface area contributed by atoms with Crippen LogP contribution in [0.5, 0.6) is 0 Å². The van der Waals surface area contributed by atoms with Crippen molar-refractivity contribution in [1.82, 2.24) is 14.7 Å². The van der Waals surface area contributed by atoms with Crippen molar-refractivity contribution in [2.75, 3.05) is 13.1 Å². The van der Waals surface area contributed by atoms with E-state index in [1.165, 1.54) is 0 Å². The van der Waals surface area contributed by atoms with Gasteiger partial charge in [0.1, 0.15) is 0 Å². The Bertz CT molecular complexity index is 310. The van der Waals surface area contributed by atoms with Gasteiger partial charge in [-0.25, -0.2) is 0 Å². The lowest BCUT2D eigenvalue weighted by Gasteiger charge is -2.16. The van der Waals surface area contributed by atoms with E-state index in [1.54, 1.807) is 4.68 Å². The van der Waals surface area contributed by atoms with Crippen LogP contribution in [-0.4, -0.2) is 27.8 Å². The maximum absolute atomic E-state index is 8.63. The Kier molecular flexibility index (Phi) is 4.14. The molecule has 0 saturated heterocycles. The van der Waals surface area contributed by atoms with E-state index in [9.17, 15) is 0 Å². The normalized spacial score (nSPS) is 10.4. The fourth-order valence-corrected chi connectivity index (χ4v) is 1.44. The molecule has 0 aliphatic heterocycles. The van der Waals surface area contributed by atoms with Gasteiger partial charge >= 0.3 is 0 Å². The van der Waals surface area contributed by atoms with Crippen molar-refractivity contribution in [3.63, 3.8) is 0 Å². The number of rotatable bonds is 5. The molecule has 0 saturated carbocycles. The first-order valence-electron chi connectivity index (χ1n) is 4.83. The van der Waals surface area contributed by atoms with Crippen LogP contribution in [0, 0.1) is 11.3 Å². The van der Waals surface area contributed by atoms with Gasteiger partial charge in [-0.2, -0.15) is 10.4 Å². The summed E-state index contributed by atoms with van der Waals surface area (Å²) in [6.45, 7) is 4.38. The standard InChI is InChI=1S/C10H16N4/c1-3-5-14(6-4-11)9-10-7-12-13(2)8-10/h7-8H,3,5-6,9H2,1-2H3. The Labute approximate surface area is 84.7 Å². The zero-order valence-electron chi connectivity index (χ0n) is 8.77. The smallest absolute Gasteiger partial charge is 0.0868 e. The average Bonchev–Trinajstić information content (AvgIpc) is 2.52. The van der Waals surface area contributed by atoms with E-state index in [0.717, 1.165) is 25.1 Å². The molecule has 1 rings (SSSR count). The Morgan fingerprint density at radius 1 is 1.64 bits per heavy atom. The average molecular weight is 192 g/mol. The summed E-state index contributed by atoms with van der Waals surface area (Å²) in [6, 6.07) is 2.18. The zero-order valence-corrected chi connectivity index (χ0v) is 8.77. The van der Waals surface area contributed by atoms with Gasteiger partial charge < -0.3 is 0 Å². The van der Waals surface area contributed by atoms with E-state index in [-0.39, 0.29) is 0 Å². The van der Waals surface area contributed by atoms with Crippen LogP contribution in [-0.2, 0) is 13.6 Å².